The Labute approximate surface area is 124 Å². The summed E-state index contributed by atoms with van der Waals surface area (Å²) in [6.07, 6.45) is 1.87. The van der Waals surface area contributed by atoms with E-state index >= 15 is 0 Å². The molecule has 21 heavy (non-hydrogen) atoms. The van der Waals surface area contributed by atoms with Crippen molar-refractivity contribution in [1.29, 1.82) is 0 Å². The van der Waals surface area contributed by atoms with Gasteiger partial charge >= 0.3 is 12.0 Å². The van der Waals surface area contributed by atoms with Gasteiger partial charge in [0.1, 0.15) is 12.1 Å². The lowest BCUT2D eigenvalue weighted by Crippen LogP contribution is -2.54. The molecular formula is C14H23N3O4. The normalized spacial score (nSPS) is 21.0. The second-order valence-electron chi connectivity index (χ2n) is 6.06. The smallest absolute Gasteiger partial charge is 0.326 e. The lowest BCUT2D eigenvalue weighted by molar-refractivity contribution is -0.148. The largest absolute Gasteiger partial charge is 0.464 e. The van der Waals surface area contributed by atoms with Crippen molar-refractivity contribution in [2.24, 2.45) is 5.92 Å². The number of nitrogens with one attached hydrogen (secondary N) is 2. The number of hydrogen-bond acceptors (Lipinski definition) is 5. The molecule has 2 aliphatic heterocycles. The second-order valence-corrected chi connectivity index (χ2v) is 6.06. The Morgan fingerprint density at radius 2 is 2.00 bits per heavy atom. The van der Waals surface area contributed by atoms with Crippen LogP contribution in [0.3, 0.4) is 0 Å². The Morgan fingerprint density at radius 3 is 2.62 bits per heavy atom. The minimum absolute atomic E-state index is 0.308. The van der Waals surface area contributed by atoms with Crippen molar-refractivity contribution in [2.75, 3.05) is 26.2 Å². The average Bonchev–Trinajstić information content (AvgIpc) is 2.64. The third-order valence-electron chi connectivity index (χ3n) is 3.95. The molecule has 3 amide bonds. The first-order chi connectivity index (χ1) is 9.94. The van der Waals surface area contributed by atoms with Gasteiger partial charge in [-0.3, -0.25) is 14.5 Å². The summed E-state index contributed by atoms with van der Waals surface area (Å²) in [5.74, 6) is -0.410. The molecule has 118 valence electrons. The maximum atomic E-state index is 12.4. The molecule has 0 aromatic rings. The monoisotopic (exact) mass is 297 g/mol. The fraction of sp³-hybridized carbons (Fsp3) is 0.786. The highest BCUT2D eigenvalue weighted by Gasteiger charge is 2.51. The quantitative estimate of drug-likeness (QED) is 0.561. The molecule has 2 heterocycles. The summed E-state index contributed by atoms with van der Waals surface area (Å²) in [6, 6.07) is -0.497. The zero-order chi connectivity index (χ0) is 15.5. The third kappa shape index (κ3) is 3.53. The minimum atomic E-state index is -0.833. The highest BCUT2D eigenvalue weighted by atomic mass is 16.5. The maximum absolute atomic E-state index is 12.4. The number of carbonyl (C=O) groups is 3. The fourth-order valence-electron chi connectivity index (χ4n) is 2.60. The summed E-state index contributed by atoms with van der Waals surface area (Å²) >= 11 is 0. The van der Waals surface area contributed by atoms with Crippen LogP contribution in [0.4, 0.5) is 4.79 Å². The van der Waals surface area contributed by atoms with E-state index in [-0.39, 0.29) is 12.5 Å². The number of nitrogens with zero attached hydrogens (tertiary/aromatic N) is 1. The molecule has 0 bridgehead atoms. The van der Waals surface area contributed by atoms with Crippen molar-refractivity contribution in [3.05, 3.63) is 0 Å². The van der Waals surface area contributed by atoms with Crippen molar-refractivity contribution in [2.45, 2.75) is 38.6 Å². The van der Waals surface area contributed by atoms with Crippen LogP contribution in [0.25, 0.3) is 0 Å². The Bertz CT molecular complexity index is 430. The summed E-state index contributed by atoms with van der Waals surface area (Å²) < 4.78 is 5.06. The number of hydrogen-bond donors (Lipinski definition) is 2. The van der Waals surface area contributed by atoms with Crippen LogP contribution in [0.2, 0.25) is 0 Å². The zero-order valence-electron chi connectivity index (χ0n) is 12.6. The van der Waals surface area contributed by atoms with E-state index in [0.29, 0.717) is 38.5 Å². The lowest BCUT2D eigenvalue weighted by atomic mass is 9.88. The highest BCUT2D eigenvalue weighted by molar-refractivity contribution is 6.08. The van der Waals surface area contributed by atoms with E-state index in [2.05, 4.69) is 10.6 Å². The first kappa shape index (κ1) is 15.8. The van der Waals surface area contributed by atoms with Crippen molar-refractivity contribution < 1.29 is 19.1 Å². The summed E-state index contributed by atoms with van der Waals surface area (Å²) in [7, 11) is 0. The van der Waals surface area contributed by atoms with Crippen LogP contribution < -0.4 is 10.6 Å². The van der Waals surface area contributed by atoms with E-state index in [1.54, 1.807) is 0 Å². The number of imide groups is 1. The predicted molar refractivity (Wildman–Crippen MR) is 75.5 cm³/mol. The van der Waals surface area contributed by atoms with Crippen molar-refractivity contribution in [3.8, 4) is 0 Å². The van der Waals surface area contributed by atoms with Crippen LogP contribution in [0.5, 0.6) is 0 Å². The highest BCUT2D eigenvalue weighted by Crippen LogP contribution is 2.26. The topological polar surface area (TPSA) is 87.7 Å². The molecule has 0 aromatic carbocycles. The molecule has 0 radical (unpaired) electrons. The van der Waals surface area contributed by atoms with Gasteiger partial charge in [0.2, 0.25) is 0 Å². The van der Waals surface area contributed by atoms with E-state index in [1.165, 1.54) is 0 Å². The van der Waals surface area contributed by atoms with Crippen LogP contribution in [0.15, 0.2) is 0 Å². The molecule has 7 heteroatoms. The zero-order valence-corrected chi connectivity index (χ0v) is 12.6. The second kappa shape index (κ2) is 6.43. The van der Waals surface area contributed by atoms with Gasteiger partial charge in [-0.1, -0.05) is 13.8 Å². The Morgan fingerprint density at radius 1 is 1.33 bits per heavy atom. The number of urea groups is 1. The standard InChI is InChI=1S/C14H23N3O4/c1-10(2)3-8-21-11(18)9-17-12(19)14(16-13(17)20)4-6-15-7-5-14/h10,15H,3-9H2,1-2H3,(H,16,20). The van der Waals surface area contributed by atoms with Gasteiger partial charge in [-0.2, -0.15) is 0 Å². The molecule has 2 aliphatic rings. The molecule has 0 aliphatic carbocycles. The molecular weight excluding hydrogens is 274 g/mol. The lowest BCUT2D eigenvalue weighted by Gasteiger charge is -2.30. The van der Waals surface area contributed by atoms with E-state index in [1.807, 2.05) is 13.8 Å². The van der Waals surface area contributed by atoms with Crippen LogP contribution in [-0.2, 0) is 14.3 Å². The molecule has 2 fully saturated rings. The third-order valence-corrected chi connectivity index (χ3v) is 3.95. The summed E-state index contributed by atoms with van der Waals surface area (Å²) in [6.45, 7) is 5.43. The van der Waals surface area contributed by atoms with Gasteiger partial charge in [0.25, 0.3) is 5.91 Å². The molecule has 2 rings (SSSR count). The minimum Gasteiger partial charge on any atom is -0.464 e. The van der Waals surface area contributed by atoms with E-state index in [4.69, 9.17) is 4.74 Å². The number of carbonyl (C=O) groups excluding carboxylic acids is 3. The molecule has 2 N–H and O–H groups in total. The number of esters is 1. The average molecular weight is 297 g/mol. The molecule has 0 atom stereocenters. The van der Waals surface area contributed by atoms with Gasteiger partial charge in [0, 0.05) is 0 Å². The Kier molecular flexibility index (Phi) is 4.82. The van der Waals surface area contributed by atoms with Crippen LogP contribution in [0.1, 0.15) is 33.1 Å². The van der Waals surface area contributed by atoms with E-state index in [0.717, 1.165) is 11.3 Å². The summed E-state index contributed by atoms with van der Waals surface area (Å²) in [5.41, 5.74) is -0.833. The van der Waals surface area contributed by atoms with E-state index in [9.17, 15) is 14.4 Å². The summed E-state index contributed by atoms with van der Waals surface area (Å²) in [4.78, 5) is 37.1. The molecule has 7 nitrogen and oxygen atoms in total. The first-order valence-corrected chi connectivity index (χ1v) is 7.45. The van der Waals surface area contributed by atoms with Gasteiger partial charge in [-0.15, -0.1) is 0 Å². The van der Waals surface area contributed by atoms with Gasteiger partial charge in [0.15, 0.2) is 0 Å². The van der Waals surface area contributed by atoms with E-state index < -0.39 is 17.5 Å². The molecule has 1 spiro atoms. The van der Waals surface area contributed by atoms with Crippen molar-refractivity contribution in [3.63, 3.8) is 0 Å². The van der Waals surface area contributed by atoms with Gasteiger partial charge in [0.05, 0.1) is 6.61 Å². The van der Waals surface area contributed by atoms with Gasteiger partial charge < -0.3 is 15.4 Å². The SMILES string of the molecule is CC(C)CCOC(=O)CN1C(=O)NC2(CCNCC2)C1=O. The first-order valence-electron chi connectivity index (χ1n) is 7.45. The number of amides is 3. The molecule has 0 unspecified atom stereocenters. The van der Waals surface area contributed by atoms with Gasteiger partial charge in [-0.25, -0.2) is 4.79 Å². The van der Waals surface area contributed by atoms with Crippen molar-refractivity contribution in [1.82, 2.24) is 15.5 Å². The maximum Gasteiger partial charge on any atom is 0.326 e. The Balaban J connectivity index is 1.89. The summed E-state index contributed by atoms with van der Waals surface area (Å²) in [5, 5.41) is 5.89. The fourth-order valence-corrected chi connectivity index (χ4v) is 2.60. The van der Waals surface area contributed by atoms with Crippen LogP contribution >= 0.6 is 0 Å². The van der Waals surface area contributed by atoms with Crippen LogP contribution in [-0.4, -0.2) is 54.6 Å². The van der Waals surface area contributed by atoms with Crippen LogP contribution in [0, 0.1) is 5.92 Å². The van der Waals surface area contributed by atoms with Crippen molar-refractivity contribution >= 4 is 17.9 Å². The molecule has 0 saturated carbocycles. The number of ether oxygens (including phenoxy) is 1. The number of piperidine rings is 1. The number of rotatable bonds is 5. The Hall–Kier alpha value is -1.63. The molecule has 0 aromatic heterocycles. The predicted octanol–water partition coefficient (Wildman–Crippen LogP) is 0.250. The van der Waals surface area contributed by atoms with Gasteiger partial charge in [-0.05, 0) is 38.3 Å². The molecule has 2 saturated heterocycles.